The Morgan fingerprint density at radius 3 is 2.95 bits per heavy atom. The third-order valence-electron chi connectivity index (χ3n) is 4.29. The van der Waals surface area contributed by atoms with E-state index in [2.05, 4.69) is 5.10 Å². The Bertz CT molecular complexity index is 616. The maximum absolute atomic E-state index is 12.9. The van der Waals surface area contributed by atoms with Gasteiger partial charge in [-0.25, -0.2) is 4.52 Å². The van der Waals surface area contributed by atoms with Crippen LogP contribution in [0.5, 0.6) is 0 Å². The number of pyridine rings is 1. The molecule has 0 atom stereocenters. The number of hydrogen-bond donors (Lipinski definition) is 1. The van der Waals surface area contributed by atoms with Crippen molar-refractivity contribution in [3.63, 3.8) is 0 Å². The molecule has 1 saturated carbocycles. The van der Waals surface area contributed by atoms with Gasteiger partial charge >= 0.3 is 0 Å². The van der Waals surface area contributed by atoms with E-state index in [1.165, 1.54) is 12.8 Å². The standard InChI is InChI=1S/C16H22N4O/c17-9-5-10-19(13-6-1-2-7-13)16(21)14-12-18-20-11-4-3-8-15(14)20/h3-4,8,11-13H,1-2,5-7,9-10,17H2. The monoisotopic (exact) mass is 286 g/mol. The number of aromatic nitrogens is 2. The summed E-state index contributed by atoms with van der Waals surface area (Å²) in [6.45, 7) is 1.36. The van der Waals surface area contributed by atoms with Crippen molar-refractivity contribution in [3.05, 3.63) is 36.2 Å². The molecule has 3 rings (SSSR count). The lowest BCUT2D eigenvalue weighted by Gasteiger charge is -2.28. The van der Waals surface area contributed by atoms with Crippen LogP contribution in [0.1, 0.15) is 42.5 Å². The Hall–Kier alpha value is -1.88. The minimum Gasteiger partial charge on any atom is -0.336 e. The summed E-state index contributed by atoms with van der Waals surface area (Å²) in [4.78, 5) is 15.0. The summed E-state index contributed by atoms with van der Waals surface area (Å²) in [6, 6.07) is 6.16. The van der Waals surface area contributed by atoms with E-state index in [9.17, 15) is 4.79 Å². The first-order valence-electron chi connectivity index (χ1n) is 7.74. The van der Waals surface area contributed by atoms with Crippen LogP contribution < -0.4 is 5.73 Å². The summed E-state index contributed by atoms with van der Waals surface area (Å²) in [7, 11) is 0. The van der Waals surface area contributed by atoms with Crippen molar-refractivity contribution in [2.45, 2.75) is 38.1 Å². The van der Waals surface area contributed by atoms with Crippen LogP contribution >= 0.6 is 0 Å². The molecule has 1 fully saturated rings. The zero-order chi connectivity index (χ0) is 14.7. The van der Waals surface area contributed by atoms with E-state index in [0.29, 0.717) is 18.2 Å². The van der Waals surface area contributed by atoms with E-state index in [4.69, 9.17) is 5.73 Å². The molecule has 2 heterocycles. The van der Waals surface area contributed by atoms with Gasteiger partial charge in [0.05, 0.1) is 17.3 Å². The van der Waals surface area contributed by atoms with Crippen molar-refractivity contribution in [1.82, 2.24) is 14.5 Å². The van der Waals surface area contributed by atoms with Gasteiger partial charge in [0, 0.05) is 18.8 Å². The van der Waals surface area contributed by atoms with E-state index < -0.39 is 0 Å². The number of fused-ring (bicyclic) bond motifs is 1. The molecule has 5 nitrogen and oxygen atoms in total. The molecule has 21 heavy (non-hydrogen) atoms. The Kier molecular flexibility index (Phi) is 4.20. The summed E-state index contributed by atoms with van der Waals surface area (Å²) >= 11 is 0. The molecular weight excluding hydrogens is 264 g/mol. The second-order valence-corrected chi connectivity index (χ2v) is 5.67. The highest BCUT2D eigenvalue weighted by Crippen LogP contribution is 2.26. The van der Waals surface area contributed by atoms with E-state index in [1.54, 1.807) is 10.7 Å². The fraction of sp³-hybridized carbons (Fsp3) is 0.500. The minimum absolute atomic E-state index is 0.0940. The molecule has 0 saturated heterocycles. The maximum Gasteiger partial charge on any atom is 0.257 e. The highest BCUT2D eigenvalue weighted by molar-refractivity contribution is 6.00. The van der Waals surface area contributed by atoms with Crippen LogP contribution in [0.25, 0.3) is 5.52 Å². The first kappa shape index (κ1) is 14.1. The van der Waals surface area contributed by atoms with Gasteiger partial charge in [0.2, 0.25) is 0 Å². The van der Waals surface area contributed by atoms with Gasteiger partial charge in [0.1, 0.15) is 0 Å². The summed E-state index contributed by atoms with van der Waals surface area (Å²) in [5.74, 6) is 0.0940. The molecule has 0 bridgehead atoms. The molecular formula is C16H22N4O. The van der Waals surface area contributed by atoms with Gasteiger partial charge in [-0.3, -0.25) is 4.79 Å². The number of nitrogens with two attached hydrogens (primary N) is 1. The van der Waals surface area contributed by atoms with Crippen LogP contribution in [0.3, 0.4) is 0 Å². The maximum atomic E-state index is 12.9. The van der Waals surface area contributed by atoms with Crippen LogP contribution in [0, 0.1) is 0 Å². The van der Waals surface area contributed by atoms with Crippen LogP contribution in [0.15, 0.2) is 30.6 Å². The summed E-state index contributed by atoms with van der Waals surface area (Å²) in [5.41, 5.74) is 7.20. The van der Waals surface area contributed by atoms with Gasteiger partial charge in [-0.1, -0.05) is 18.9 Å². The van der Waals surface area contributed by atoms with Crippen LogP contribution in [-0.4, -0.2) is 39.6 Å². The molecule has 2 N–H and O–H groups in total. The second kappa shape index (κ2) is 6.26. The second-order valence-electron chi connectivity index (χ2n) is 5.67. The third kappa shape index (κ3) is 2.78. The lowest BCUT2D eigenvalue weighted by molar-refractivity contribution is 0.0682. The fourth-order valence-corrected chi connectivity index (χ4v) is 3.18. The lowest BCUT2D eigenvalue weighted by atomic mass is 10.1. The Morgan fingerprint density at radius 2 is 2.19 bits per heavy atom. The molecule has 112 valence electrons. The third-order valence-corrected chi connectivity index (χ3v) is 4.29. The predicted octanol–water partition coefficient (Wildman–Crippen LogP) is 2.07. The van der Waals surface area contributed by atoms with E-state index in [-0.39, 0.29) is 5.91 Å². The topological polar surface area (TPSA) is 63.6 Å². The predicted molar refractivity (Wildman–Crippen MR) is 82.2 cm³/mol. The number of carbonyl (C=O) groups excluding carboxylic acids is 1. The smallest absolute Gasteiger partial charge is 0.257 e. The van der Waals surface area contributed by atoms with Gasteiger partial charge in [0.15, 0.2) is 0 Å². The molecule has 0 spiro atoms. The van der Waals surface area contributed by atoms with Crippen LogP contribution in [-0.2, 0) is 0 Å². The SMILES string of the molecule is NCCCN(C(=O)c1cnn2ccccc12)C1CCCC1. The zero-order valence-electron chi connectivity index (χ0n) is 12.2. The molecule has 1 aliphatic rings. The molecule has 0 unspecified atom stereocenters. The minimum atomic E-state index is 0.0940. The van der Waals surface area contributed by atoms with Crippen molar-refractivity contribution < 1.29 is 4.79 Å². The molecule has 0 aromatic carbocycles. The normalized spacial score (nSPS) is 15.7. The van der Waals surface area contributed by atoms with E-state index in [0.717, 1.165) is 31.3 Å². The van der Waals surface area contributed by atoms with Gasteiger partial charge in [0.25, 0.3) is 5.91 Å². The van der Waals surface area contributed by atoms with Gasteiger partial charge in [-0.2, -0.15) is 5.10 Å². The summed E-state index contributed by atoms with van der Waals surface area (Å²) < 4.78 is 1.75. The Morgan fingerprint density at radius 1 is 1.38 bits per heavy atom. The van der Waals surface area contributed by atoms with Crippen molar-refractivity contribution in [2.75, 3.05) is 13.1 Å². The highest BCUT2D eigenvalue weighted by atomic mass is 16.2. The average Bonchev–Trinajstić information content (AvgIpc) is 3.17. The van der Waals surface area contributed by atoms with Crippen LogP contribution in [0.2, 0.25) is 0 Å². The molecule has 1 amide bonds. The molecule has 0 radical (unpaired) electrons. The highest BCUT2D eigenvalue weighted by Gasteiger charge is 2.28. The van der Waals surface area contributed by atoms with E-state index in [1.807, 2.05) is 29.3 Å². The van der Waals surface area contributed by atoms with Gasteiger partial charge in [-0.15, -0.1) is 0 Å². The molecule has 2 aromatic rings. The van der Waals surface area contributed by atoms with Crippen molar-refractivity contribution in [2.24, 2.45) is 5.73 Å². The first-order chi connectivity index (χ1) is 10.3. The number of nitrogens with zero attached hydrogens (tertiary/aromatic N) is 3. The first-order valence-corrected chi connectivity index (χ1v) is 7.74. The van der Waals surface area contributed by atoms with E-state index >= 15 is 0 Å². The lowest BCUT2D eigenvalue weighted by Crippen LogP contribution is -2.40. The summed E-state index contributed by atoms with van der Waals surface area (Å²) in [5, 5.41) is 4.27. The zero-order valence-corrected chi connectivity index (χ0v) is 12.2. The molecule has 5 heteroatoms. The van der Waals surface area contributed by atoms with Gasteiger partial charge < -0.3 is 10.6 Å². The Balaban J connectivity index is 1.88. The van der Waals surface area contributed by atoms with Crippen molar-refractivity contribution in [3.8, 4) is 0 Å². The number of rotatable bonds is 5. The fourth-order valence-electron chi connectivity index (χ4n) is 3.18. The largest absolute Gasteiger partial charge is 0.336 e. The van der Waals surface area contributed by atoms with Crippen molar-refractivity contribution in [1.29, 1.82) is 0 Å². The van der Waals surface area contributed by atoms with Gasteiger partial charge in [-0.05, 0) is 37.9 Å². The summed E-state index contributed by atoms with van der Waals surface area (Å²) in [6.07, 6.45) is 9.04. The molecule has 2 aromatic heterocycles. The van der Waals surface area contributed by atoms with Crippen molar-refractivity contribution >= 4 is 11.4 Å². The Labute approximate surface area is 124 Å². The number of hydrogen-bond acceptors (Lipinski definition) is 3. The number of amides is 1. The average molecular weight is 286 g/mol. The molecule has 0 aliphatic heterocycles. The quantitative estimate of drug-likeness (QED) is 0.915. The number of carbonyl (C=O) groups is 1. The molecule has 1 aliphatic carbocycles. The van der Waals surface area contributed by atoms with Crippen LogP contribution in [0.4, 0.5) is 0 Å².